The summed E-state index contributed by atoms with van der Waals surface area (Å²) >= 11 is 0. The molecule has 0 spiro atoms. The van der Waals surface area contributed by atoms with Crippen LogP contribution in [-0.4, -0.2) is 29.4 Å². The van der Waals surface area contributed by atoms with E-state index in [-0.39, 0.29) is 12.8 Å². The number of rotatable bonds is 6. The lowest BCUT2D eigenvalue weighted by Gasteiger charge is -2.42. The van der Waals surface area contributed by atoms with E-state index in [1.54, 1.807) is 18.2 Å². The molecule has 0 amide bonds. The Hall–Kier alpha value is -1.75. The Bertz CT molecular complexity index is 491. The van der Waals surface area contributed by atoms with Crippen molar-refractivity contribution in [3.8, 4) is 11.5 Å². The van der Waals surface area contributed by atoms with Crippen molar-refractivity contribution >= 4 is 5.97 Å². The molecule has 2 rings (SSSR count). The smallest absolute Gasteiger partial charge is 0.306 e. The maximum atomic E-state index is 10.9. The lowest BCUT2D eigenvalue weighted by atomic mass is 9.67. The average molecular weight is 280 g/mol. The first-order valence-corrected chi connectivity index (χ1v) is 6.85. The van der Waals surface area contributed by atoms with E-state index >= 15 is 0 Å². The molecule has 0 heterocycles. The Balaban J connectivity index is 2.21. The van der Waals surface area contributed by atoms with Crippen molar-refractivity contribution in [2.75, 3.05) is 13.2 Å². The molecule has 5 nitrogen and oxygen atoms in total. The Morgan fingerprint density at radius 2 is 1.85 bits per heavy atom. The monoisotopic (exact) mass is 280 g/mol. The van der Waals surface area contributed by atoms with E-state index in [4.69, 9.17) is 14.6 Å². The quantitative estimate of drug-likeness (QED) is 0.835. The standard InChI is InChI=1S/C15H20O5/c1-3-19-12-6-5-11(7-13(12)20-4-2)15(18)8-10(9-15)14(16)17/h5-7,10,18H,3-4,8-9H2,1-2H3,(H,16,17). The Labute approximate surface area is 118 Å². The van der Waals surface area contributed by atoms with Gasteiger partial charge in [-0.05, 0) is 44.4 Å². The van der Waals surface area contributed by atoms with Crippen molar-refractivity contribution in [2.24, 2.45) is 5.92 Å². The van der Waals surface area contributed by atoms with Crippen LogP contribution in [0, 0.1) is 5.92 Å². The number of ether oxygens (including phenoxy) is 2. The molecule has 110 valence electrons. The molecule has 1 aliphatic rings. The van der Waals surface area contributed by atoms with Gasteiger partial charge in [0.1, 0.15) is 0 Å². The van der Waals surface area contributed by atoms with Gasteiger partial charge in [-0.15, -0.1) is 0 Å². The number of carboxylic acids is 1. The first-order valence-electron chi connectivity index (χ1n) is 6.85. The number of aliphatic hydroxyl groups is 1. The first kappa shape index (κ1) is 14.7. The van der Waals surface area contributed by atoms with Gasteiger partial charge in [-0.1, -0.05) is 6.07 Å². The van der Waals surface area contributed by atoms with Crippen LogP contribution >= 0.6 is 0 Å². The third kappa shape index (κ3) is 2.72. The van der Waals surface area contributed by atoms with Crippen molar-refractivity contribution in [3.05, 3.63) is 23.8 Å². The molecule has 1 fully saturated rings. The van der Waals surface area contributed by atoms with Crippen LogP contribution in [-0.2, 0) is 10.4 Å². The van der Waals surface area contributed by atoms with Crippen molar-refractivity contribution < 1.29 is 24.5 Å². The van der Waals surface area contributed by atoms with Crippen LogP contribution in [0.3, 0.4) is 0 Å². The molecule has 0 radical (unpaired) electrons. The molecule has 0 saturated heterocycles. The fraction of sp³-hybridized carbons (Fsp3) is 0.533. The summed E-state index contributed by atoms with van der Waals surface area (Å²) < 4.78 is 11.0. The minimum atomic E-state index is -1.07. The zero-order valence-electron chi connectivity index (χ0n) is 11.8. The topological polar surface area (TPSA) is 76.0 Å². The minimum Gasteiger partial charge on any atom is -0.490 e. The van der Waals surface area contributed by atoms with Crippen molar-refractivity contribution in [3.63, 3.8) is 0 Å². The van der Waals surface area contributed by atoms with E-state index in [1.807, 2.05) is 13.8 Å². The molecule has 1 aliphatic carbocycles. The van der Waals surface area contributed by atoms with E-state index in [0.29, 0.717) is 30.3 Å². The van der Waals surface area contributed by atoms with Gasteiger partial charge in [0.2, 0.25) is 0 Å². The zero-order chi connectivity index (χ0) is 14.8. The molecule has 1 aromatic rings. The van der Waals surface area contributed by atoms with Gasteiger partial charge in [0, 0.05) is 0 Å². The second kappa shape index (κ2) is 5.71. The molecule has 0 unspecified atom stereocenters. The van der Waals surface area contributed by atoms with Gasteiger partial charge in [0.05, 0.1) is 24.7 Å². The minimum absolute atomic E-state index is 0.238. The van der Waals surface area contributed by atoms with Crippen LogP contribution in [0.4, 0.5) is 0 Å². The fourth-order valence-electron chi connectivity index (χ4n) is 2.51. The van der Waals surface area contributed by atoms with Crippen LogP contribution < -0.4 is 9.47 Å². The predicted octanol–water partition coefficient (Wildman–Crippen LogP) is 2.17. The Kier molecular flexibility index (Phi) is 4.18. The van der Waals surface area contributed by atoms with Crippen LogP contribution in [0.1, 0.15) is 32.3 Å². The molecule has 0 atom stereocenters. The van der Waals surface area contributed by atoms with Gasteiger partial charge >= 0.3 is 5.97 Å². The lowest BCUT2D eigenvalue weighted by molar-refractivity contribution is -0.159. The van der Waals surface area contributed by atoms with Crippen molar-refractivity contribution in [2.45, 2.75) is 32.3 Å². The number of carbonyl (C=O) groups is 1. The first-order chi connectivity index (χ1) is 9.50. The Morgan fingerprint density at radius 3 is 2.40 bits per heavy atom. The number of hydrogen-bond donors (Lipinski definition) is 2. The van der Waals surface area contributed by atoms with Gasteiger partial charge in [-0.2, -0.15) is 0 Å². The highest BCUT2D eigenvalue weighted by atomic mass is 16.5. The highest BCUT2D eigenvalue weighted by molar-refractivity contribution is 5.72. The van der Waals surface area contributed by atoms with E-state index in [0.717, 1.165) is 0 Å². The van der Waals surface area contributed by atoms with Crippen LogP contribution in [0.25, 0.3) is 0 Å². The van der Waals surface area contributed by atoms with E-state index in [1.165, 1.54) is 0 Å². The highest BCUT2D eigenvalue weighted by Gasteiger charge is 2.47. The Morgan fingerprint density at radius 1 is 1.25 bits per heavy atom. The average Bonchev–Trinajstić information content (AvgIpc) is 2.37. The molecule has 20 heavy (non-hydrogen) atoms. The maximum absolute atomic E-state index is 10.9. The SMILES string of the molecule is CCOc1ccc(C2(O)CC(C(=O)O)C2)cc1OCC. The highest BCUT2D eigenvalue weighted by Crippen LogP contribution is 2.47. The number of benzene rings is 1. The molecular weight excluding hydrogens is 260 g/mol. The summed E-state index contributed by atoms with van der Waals surface area (Å²) in [5, 5.41) is 19.4. The summed E-state index contributed by atoms with van der Waals surface area (Å²) in [5.74, 6) is -0.109. The van der Waals surface area contributed by atoms with Crippen LogP contribution in [0.2, 0.25) is 0 Å². The second-order valence-electron chi connectivity index (χ2n) is 5.00. The molecule has 5 heteroatoms. The summed E-state index contributed by atoms with van der Waals surface area (Å²) in [6.45, 7) is 4.80. The normalized spacial score (nSPS) is 24.9. The molecule has 0 bridgehead atoms. The zero-order valence-corrected chi connectivity index (χ0v) is 11.8. The lowest BCUT2D eigenvalue weighted by Crippen LogP contribution is -2.44. The van der Waals surface area contributed by atoms with Gasteiger partial charge in [-0.25, -0.2) is 0 Å². The van der Waals surface area contributed by atoms with E-state index in [9.17, 15) is 9.90 Å². The summed E-state index contributed by atoms with van der Waals surface area (Å²) in [6.07, 6.45) is 0.476. The number of hydrogen-bond acceptors (Lipinski definition) is 4. The van der Waals surface area contributed by atoms with Gasteiger partial charge in [0.25, 0.3) is 0 Å². The molecule has 1 saturated carbocycles. The van der Waals surface area contributed by atoms with Gasteiger partial charge < -0.3 is 19.7 Å². The predicted molar refractivity (Wildman–Crippen MR) is 73.0 cm³/mol. The molecule has 2 N–H and O–H groups in total. The number of aliphatic carboxylic acids is 1. The summed E-state index contributed by atoms with van der Waals surface area (Å²) in [5.41, 5.74) is -0.387. The van der Waals surface area contributed by atoms with Crippen molar-refractivity contribution in [1.29, 1.82) is 0 Å². The third-order valence-corrected chi connectivity index (χ3v) is 3.60. The van der Waals surface area contributed by atoms with E-state index < -0.39 is 17.5 Å². The number of carboxylic acid groups (broad SMARTS) is 1. The summed E-state index contributed by atoms with van der Waals surface area (Å²) in [7, 11) is 0. The van der Waals surface area contributed by atoms with Crippen LogP contribution in [0.5, 0.6) is 11.5 Å². The second-order valence-corrected chi connectivity index (χ2v) is 5.00. The largest absolute Gasteiger partial charge is 0.490 e. The third-order valence-electron chi connectivity index (χ3n) is 3.60. The summed E-state index contributed by atoms with van der Waals surface area (Å²) in [6, 6.07) is 5.27. The van der Waals surface area contributed by atoms with Crippen LogP contribution in [0.15, 0.2) is 18.2 Å². The van der Waals surface area contributed by atoms with E-state index in [2.05, 4.69) is 0 Å². The molecular formula is C15H20O5. The molecule has 1 aromatic carbocycles. The fourth-order valence-corrected chi connectivity index (χ4v) is 2.51. The van der Waals surface area contributed by atoms with Gasteiger partial charge in [-0.3, -0.25) is 4.79 Å². The summed E-state index contributed by atoms with van der Waals surface area (Å²) in [4.78, 5) is 10.9. The van der Waals surface area contributed by atoms with Gasteiger partial charge in [0.15, 0.2) is 11.5 Å². The maximum Gasteiger partial charge on any atom is 0.306 e. The molecule has 0 aromatic heterocycles. The molecule has 0 aliphatic heterocycles. The van der Waals surface area contributed by atoms with Crippen molar-refractivity contribution in [1.82, 2.24) is 0 Å².